The van der Waals surface area contributed by atoms with Crippen LogP contribution in [0.25, 0.3) is 0 Å². The van der Waals surface area contributed by atoms with Gasteiger partial charge in [-0.2, -0.15) is 0 Å². The Hall–Kier alpha value is -1.51. The van der Waals surface area contributed by atoms with E-state index in [-0.39, 0.29) is 11.7 Å². The molecule has 94 valence electrons. The van der Waals surface area contributed by atoms with Gasteiger partial charge >= 0.3 is 0 Å². The fourth-order valence-corrected chi connectivity index (χ4v) is 1.65. The smallest absolute Gasteiger partial charge is 0.253 e. The zero-order chi connectivity index (χ0) is 12.8. The first-order valence-corrected chi connectivity index (χ1v) is 6.16. The third-order valence-electron chi connectivity index (χ3n) is 3.01. The summed E-state index contributed by atoms with van der Waals surface area (Å²) in [5.74, 6) is 0.732. The van der Waals surface area contributed by atoms with E-state index in [9.17, 15) is 9.90 Å². The van der Waals surface area contributed by atoms with Crippen molar-refractivity contribution in [1.29, 1.82) is 0 Å². The summed E-state index contributed by atoms with van der Waals surface area (Å²) in [6.07, 6.45) is 1.07. The van der Waals surface area contributed by atoms with E-state index in [1.807, 2.05) is 11.8 Å². The fourth-order valence-electron chi connectivity index (χ4n) is 1.65. The summed E-state index contributed by atoms with van der Waals surface area (Å²) in [6, 6.07) is 6.42. The molecule has 0 aromatic heterocycles. The van der Waals surface area contributed by atoms with Gasteiger partial charge in [0.1, 0.15) is 5.75 Å². The minimum atomic E-state index is 0.0350. The highest BCUT2D eigenvalue weighted by atomic mass is 16.3. The lowest BCUT2D eigenvalue weighted by Gasteiger charge is -2.24. The fraction of sp³-hybridized carbons (Fsp3) is 0.500. The molecule has 17 heavy (non-hydrogen) atoms. The zero-order valence-corrected chi connectivity index (χ0v) is 10.8. The SMILES string of the molecule is CCC(C)CN(CC)C(=O)c1ccc(O)cc1. The Balaban J connectivity index is 2.75. The number of rotatable bonds is 5. The largest absolute Gasteiger partial charge is 0.508 e. The van der Waals surface area contributed by atoms with Crippen LogP contribution in [0.4, 0.5) is 0 Å². The number of phenols is 1. The molecule has 1 amide bonds. The first kappa shape index (κ1) is 13.6. The number of amides is 1. The summed E-state index contributed by atoms with van der Waals surface area (Å²) in [5, 5.41) is 9.19. The number of phenolic OH excluding ortho intramolecular Hbond substituents is 1. The molecule has 0 saturated heterocycles. The van der Waals surface area contributed by atoms with Gasteiger partial charge in [-0.3, -0.25) is 4.79 Å². The molecular weight excluding hydrogens is 214 g/mol. The average molecular weight is 235 g/mol. The predicted molar refractivity (Wildman–Crippen MR) is 69.1 cm³/mol. The van der Waals surface area contributed by atoms with Crippen LogP contribution < -0.4 is 0 Å². The Morgan fingerprint density at radius 3 is 2.35 bits per heavy atom. The van der Waals surface area contributed by atoms with Gasteiger partial charge in [0.2, 0.25) is 0 Å². The number of hydrogen-bond donors (Lipinski definition) is 1. The highest BCUT2D eigenvalue weighted by molar-refractivity contribution is 5.94. The Morgan fingerprint density at radius 2 is 1.88 bits per heavy atom. The van der Waals surface area contributed by atoms with Crippen molar-refractivity contribution in [2.24, 2.45) is 5.92 Å². The standard InChI is InChI=1S/C14H21NO2/c1-4-11(3)10-15(5-2)14(17)12-6-8-13(16)9-7-12/h6-9,11,16H,4-5,10H2,1-3H3. The highest BCUT2D eigenvalue weighted by Gasteiger charge is 2.15. The van der Waals surface area contributed by atoms with Crippen molar-refractivity contribution in [3.63, 3.8) is 0 Å². The van der Waals surface area contributed by atoms with Gasteiger partial charge in [-0.05, 0) is 37.1 Å². The molecule has 1 unspecified atom stereocenters. The van der Waals surface area contributed by atoms with Crippen molar-refractivity contribution in [2.45, 2.75) is 27.2 Å². The lowest BCUT2D eigenvalue weighted by Crippen LogP contribution is -2.34. The second-order valence-corrected chi connectivity index (χ2v) is 4.40. The molecule has 0 aliphatic carbocycles. The molecule has 1 aromatic rings. The van der Waals surface area contributed by atoms with Gasteiger partial charge in [-0.25, -0.2) is 0 Å². The Morgan fingerprint density at radius 1 is 1.29 bits per heavy atom. The molecule has 3 nitrogen and oxygen atoms in total. The maximum Gasteiger partial charge on any atom is 0.253 e. The van der Waals surface area contributed by atoms with E-state index in [0.717, 1.165) is 13.0 Å². The summed E-state index contributed by atoms with van der Waals surface area (Å²) in [5.41, 5.74) is 0.632. The number of hydrogen-bond acceptors (Lipinski definition) is 2. The number of aromatic hydroxyl groups is 1. The highest BCUT2D eigenvalue weighted by Crippen LogP contribution is 2.13. The van der Waals surface area contributed by atoms with Crippen LogP contribution >= 0.6 is 0 Å². The van der Waals surface area contributed by atoms with Crippen LogP contribution in [0.2, 0.25) is 0 Å². The number of nitrogens with zero attached hydrogens (tertiary/aromatic N) is 1. The molecule has 3 heteroatoms. The molecule has 0 spiro atoms. The van der Waals surface area contributed by atoms with Crippen molar-refractivity contribution in [3.05, 3.63) is 29.8 Å². The van der Waals surface area contributed by atoms with E-state index < -0.39 is 0 Å². The quantitative estimate of drug-likeness (QED) is 0.852. The van der Waals surface area contributed by atoms with Crippen LogP contribution in [0, 0.1) is 5.92 Å². The summed E-state index contributed by atoms with van der Waals surface area (Å²) in [4.78, 5) is 14.0. The summed E-state index contributed by atoms with van der Waals surface area (Å²) in [6.45, 7) is 7.76. The van der Waals surface area contributed by atoms with Crippen molar-refractivity contribution in [2.75, 3.05) is 13.1 Å². The van der Waals surface area contributed by atoms with E-state index in [1.165, 1.54) is 0 Å². The van der Waals surface area contributed by atoms with Crippen molar-refractivity contribution >= 4 is 5.91 Å². The second kappa shape index (κ2) is 6.28. The molecule has 1 rings (SSSR count). The van der Waals surface area contributed by atoms with Crippen molar-refractivity contribution in [3.8, 4) is 5.75 Å². The molecule has 0 radical (unpaired) electrons. The van der Waals surface area contributed by atoms with E-state index in [1.54, 1.807) is 24.3 Å². The molecule has 0 heterocycles. The first-order chi connectivity index (χ1) is 8.08. The van der Waals surface area contributed by atoms with Crippen LogP contribution in [0.15, 0.2) is 24.3 Å². The van der Waals surface area contributed by atoms with Gasteiger partial charge in [0.25, 0.3) is 5.91 Å². The lowest BCUT2D eigenvalue weighted by molar-refractivity contribution is 0.0741. The van der Waals surface area contributed by atoms with Gasteiger partial charge in [-0.1, -0.05) is 20.3 Å². The van der Waals surface area contributed by atoms with Crippen LogP contribution in [0.3, 0.4) is 0 Å². The Bertz CT molecular complexity index is 359. The van der Waals surface area contributed by atoms with E-state index in [0.29, 0.717) is 18.0 Å². The molecular formula is C14H21NO2. The first-order valence-electron chi connectivity index (χ1n) is 6.16. The number of carbonyl (C=O) groups is 1. The van der Waals surface area contributed by atoms with E-state index in [2.05, 4.69) is 13.8 Å². The number of benzene rings is 1. The topological polar surface area (TPSA) is 40.5 Å². The molecule has 0 bridgehead atoms. The predicted octanol–water partition coefficient (Wildman–Crippen LogP) is 2.90. The Kier molecular flexibility index (Phi) is 5.01. The van der Waals surface area contributed by atoms with Crippen molar-refractivity contribution in [1.82, 2.24) is 4.90 Å². The zero-order valence-electron chi connectivity index (χ0n) is 10.8. The molecule has 0 saturated carbocycles. The van der Waals surface area contributed by atoms with Crippen LogP contribution in [0.5, 0.6) is 5.75 Å². The third kappa shape index (κ3) is 3.77. The maximum absolute atomic E-state index is 12.2. The number of carbonyl (C=O) groups excluding carboxylic acids is 1. The van der Waals surface area contributed by atoms with Crippen LogP contribution in [0.1, 0.15) is 37.6 Å². The van der Waals surface area contributed by atoms with Gasteiger partial charge in [0.05, 0.1) is 0 Å². The average Bonchev–Trinajstić information content (AvgIpc) is 2.35. The van der Waals surface area contributed by atoms with Crippen LogP contribution in [-0.2, 0) is 0 Å². The molecule has 0 aliphatic heterocycles. The van der Waals surface area contributed by atoms with Gasteiger partial charge in [-0.15, -0.1) is 0 Å². The molecule has 1 atom stereocenters. The minimum Gasteiger partial charge on any atom is -0.508 e. The molecule has 0 fully saturated rings. The monoisotopic (exact) mass is 235 g/mol. The van der Waals surface area contributed by atoms with Crippen molar-refractivity contribution < 1.29 is 9.90 Å². The minimum absolute atomic E-state index is 0.0350. The van der Waals surface area contributed by atoms with E-state index in [4.69, 9.17) is 0 Å². The maximum atomic E-state index is 12.2. The molecule has 0 aliphatic rings. The summed E-state index contributed by atoms with van der Waals surface area (Å²) < 4.78 is 0. The normalized spacial score (nSPS) is 12.2. The van der Waals surface area contributed by atoms with Gasteiger partial charge in [0, 0.05) is 18.7 Å². The third-order valence-corrected chi connectivity index (χ3v) is 3.01. The van der Waals surface area contributed by atoms with E-state index >= 15 is 0 Å². The lowest BCUT2D eigenvalue weighted by atomic mass is 10.1. The van der Waals surface area contributed by atoms with Crippen LogP contribution in [-0.4, -0.2) is 29.0 Å². The summed E-state index contributed by atoms with van der Waals surface area (Å²) in [7, 11) is 0. The molecule has 1 aromatic carbocycles. The van der Waals surface area contributed by atoms with Gasteiger partial charge in [0.15, 0.2) is 0 Å². The van der Waals surface area contributed by atoms with Gasteiger partial charge < -0.3 is 10.0 Å². The Labute approximate surface area is 103 Å². The summed E-state index contributed by atoms with van der Waals surface area (Å²) >= 11 is 0. The second-order valence-electron chi connectivity index (χ2n) is 4.40. The molecule has 1 N–H and O–H groups in total.